The summed E-state index contributed by atoms with van der Waals surface area (Å²) < 4.78 is 0. The number of hydrogen-bond acceptors (Lipinski definition) is 5. The van der Waals surface area contributed by atoms with E-state index in [4.69, 9.17) is 10.3 Å². The van der Waals surface area contributed by atoms with E-state index in [0.29, 0.717) is 0 Å². The van der Waals surface area contributed by atoms with Crippen LogP contribution in [0.3, 0.4) is 0 Å². The maximum absolute atomic E-state index is 12.5. The van der Waals surface area contributed by atoms with Gasteiger partial charge in [0.25, 0.3) is 11.8 Å². The molecule has 0 radical (unpaired) electrons. The topological polar surface area (TPSA) is 107 Å². The fourth-order valence-electron chi connectivity index (χ4n) is 2.44. The molecule has 130 valence electrons. The van der Waals surface area contributed by atoms with E-state index < -0.39 is 30.2 Å². The predicted octanol–water partition coefficient (Wildman–Crippen LogP) is 0.861. The molecule has 0 fully saturated rings. The number of aliphatic hydroxyl groups excluding tert-OH is 1. The highest BCUT2D eigenvalue weighted by atomic mass is 16.5. The third-order valence-corrected chi connectivity index (χ3v) is 3.77. The molecule has 0 aromatic heterocycles. The summed E-state index contributed by atoms with van der Waals surface area (Å²) in [5, 5.41) is 17.7. The predicted molar refractivity (Wildman–Crippen MR) is 89.8 cm³/mol. The molecule has 1 unspecified atom stereocenters. The van der Waals surface area contributed by atoms with Crippen molar-refractivity contribution < 1.29 is 24.7 Å². The second kappa shape index (κ2) is 8.18. The molecule has 0 bridgehead atoms. The molecule has 3 N–H and O–H groups in total. The lowest BCUT2D eigenvalue weighted by atomic mass is 10.0. The van der Waals surface area contributed by atoms with E-state index in [0.717, 1.165) is 16.0 Å². The quantitative estimate of drug-likeness (QED) is 0.410. The van der Waals surface area contributed by atoms with Crippen molar-refractivity contribution >= 4 is 17.6 Å². The number of hydroxylamine groups is 1. The summed E-state index contributed by atoms with van der Waals surface area (Å²) >= 11 is 0. The van der Waals surface area contributed by atoms with Crippen LogP contribution >= 0.6 is 0 Å². The van der Waals surface area contributed by atoms with Gasteiger partial charge < -0.3 is 10.0 Å². The van der Waals surface area contributed by atoms with Gasteiger partial charge in [-0.3, -0.25) is 19.6 Å². The van der Waals surface area contributed by atoms with Crippen molar-refractivity contribution in [2.24, 2.45) is 0 Å². The number of Topliss-reactive ketones (excluding diaryl/α,β-unsaturated/α-hetero) is 1. The Bertz CT molecular complexity index is 743. The fourth-order valence-corrected chi connectivity index (χ4v) is 2.44. The highest BCUT2D eigenvalue weighted by Gasteiger charge is 2.33. The smallest absolute Gasteiger partial charge is 0.273 e. The summed E-state index contributed by atoms with van der Waals surface area (Å²) in [6.07, 6.45) is 0. The van der Waals surface area contributed by atoms with Crippen LogP contribution in [0.2, 0.25) is 0 Å². The van der Waals surface area contributed by atoms with Gasteiger partial charge >= 0.3 is 0 Å². The van der Waals surface area contributed by atoms with E-state index in [1.54, 1.807) is 24.3 Å². The molecular formula is C18H18N2O5. The molecular weight excluding hydrogens is 324 g/mol. The van der Waals surface area contributed by atoms with Crippen molar-refractivity contribution in [2.45, 2.75) is 6.04 Å². The first-order valence-corrected chi connectivity index (χ1v) is 7.49. The number of nitrogens with zero attached hydrogens (tertiary/aromatic N) is 1. The van der Waals surface area contributed by atoms with Crippen molar-refractivity contribution in [3.63, 3.8) is 0 Å². The molecule has 0 spiro atoms. The number of rotatable bonds is 6. The monoisotopic (exact) mass is 342 g/mol. The Kier molecular flexibility index (Phi) is 5.99. The van der Waals surface area contributed by atoms with Crippen LogP contribution in [0.4, 0.5) is 0 Å². The average molecular weight is 342 g/mol. The molecule has 0 saturated heterocycles. The third kappa shape index (κ3) is 4.09. The van der Waals surface area contributed by atoms with Crippen LogP contribution in [0.5, 0.6) is 0 Å². The largest absolute Gasteiger partial charge is 0.388 e. The molecule has 0 aliphatic heterocycles. The standard InChI is InChI=1S/C18H18N2O5/c1-20(16(15(22)11-21)17(23)19-25)18(24)14-9-7-13(8-10-14)12-5-3-2-4-6-12/h2-10,16,21,25H,11H2,1H3,(H,19,23). The van der Waals surface area contributed by atoms with Gasteiger partial charge in [-0.1, -0.05) is 42.5 Å². The van der Waals surface area contributed by atoms with Crippen molar-refractivity contribution in [2.75, 3.05) is 13.7 Å². The molecule has 0 heterocycles. The van der Waals surface area contributed by atoms with E-state index >= 15 is 0 Å². The first kappa shape index (κ1) is 18.3. The first-order valence-electron chi connectivity index (χ1n) is 7.49. The van der Waals surface area contributed by atoms with Gasteiger partial charge in [0.15, 0.2) is 11.8 Å². The lowest BCUT2D eigenvalue weighted by molar-refractivity contribution is -0.141. The van der Waals surface area contributed by atoms with Crippen molar-refractivity contribution in [3.8, 4) is 11.1 Å². The van der Waals surface area contributed by atoms with E-state index in [1.165, 1.54) is 12.5 Å². The van der Waals surface area contributed by atoms with E-state index in [9.17, 15) is 14.4 Å². The number of ketones is 1. The Morgan fingerprint density at radius 3 is 2.08 bits per heavy atom. The number of carbonyl (C=O) groups is 3. The number of amides is 2. The molecule has 7 heteroatoms. The van der Waals surface area contributed by atoms with Crippen molar-refractivity contribution in [3.05, 3.63) is 60.2 Å². The molecule has 2 amide bonds. The highest BCUT2D eigenvalue weighted by molar-refractivity contribution is 6.09. The number of nitrogens with one attached hydrogen (secondary N) is 1. The van der Waals surface area contributed by atoms with Crippen LogP contribution in [-0.4, -0.2) is 52.5 Å². The summed E-state index contributed by atoms with van der Waals surface area (Å²) in [6, 6.07) is 14.6. The first-order chi connectivity index (χ1) is 12.0. The molecule has 2 rings (SSSR count). The van der Waals surface area contributed by atoms with Gasteiger partial charge in [-0.15, -0.1) is 0 Å². The van der Waals surface area contributed by atoms with Gasteiger partial charge in [-0.05, 0) is 23.3 Å². The number of hydrogen-bond donors (Lipinski definition) is 3. The SMILES string of the molecule is CN(C(=O)c1ccc(-c2ccccc2)cc1)C(C(=O)CO)C(=O)NO. The zero-order valence-electron chi connectivity index (χ0n) is 13.5. The van der Waals surface area contributed by atoms with E-state index in [1.807, 2.05) is 30.3 Å². The lowest BCUT2D eigenvalue weighted by Gasteiger charge is -2.24. The second-order valence-corrected chi connectivity index (χ2v) is 5.36. The highest BCUT2D eigenvalue weighted by Crippen LogP contribution is 2.20. The second-order valence-electron chi connectivity index (χ2n) is 5.36. The van der Waals surface area contributed by atoms with Crippen molar-refractivity contribution in [1.82, 2.24) is 10.4 Å². The van der Waals surface area contributed by atoms with Crippen molar-refractivity contribution in [1.29, 1.82) is 0 Å². The van der Waals surface area contributed by atoms with Crippen LogP contribution in [-0.2, 0) is 9.59 Å². The van der Waals surface area contributed by atoms with Crippen LogP contribution in [0.15, 0.2) is 54.6 Å². The van der Waals surface area contributed by atoms with Gasteiger partial charge in [-0.25, -0.2) is 5.48 Å². The van der Waals surface area contributed by atoms with Gasteiger partial charge in [0.2, 0.25) is 0 Å². The summed E-state index contributed by atoms with van der Waals surface area (Å²) in [4.78, 5) is 36.7. The Labute approximate surface area is 144 Å². The minimum atomic E-state index is -1.61. The lowest BCUT2D eigenvalue weighted by Crippen LogP contribution is -2.52. The molecule has 2 aromatic rings. The van der Waals surface area contributed by atoms with Crippen LogP contribution in [0.25, 0.3) is 11.1 Å². The fraction of sp³-hybridized carbons (Fsp3) is 0.167. The minimum absolute atomic E-state index is 0.267. The number of likely N-dealkylation sites (N-methyl/N-ethyl adjacent to an activating group) is 1. The maximum atomic E-state index is 12.5. The Hall–Kier alpha value is -3.03. The normalized spacial score (nSPS) is 11.5. The van der Waals surface area contributed by atoms with Gasteiger partial charge in [0.1, 0.15) is 6.61 Å². The Morgan fingerprint density at radius 2 is 1.56 bits per heavy atom. The molecule has 7 nitrogen and oxygen atoms in total. The third-order valence-electron chi connectivity index (χ3n) is 3.77. The van der Waals surface area contributed by atoms with E-state index in [2.05, 4.69) is 0 Å². The van der Waals surface area contributed by atoms with E-state index in [-0.39, 0.29) is 5.56 Å². The minimum Gasteiger partial charge on any atom is -0.388 e. The molecule has 0 aliphatic carbocycles. The van der Waals surface area contributed by atoms with Gasteiger partial charge in [-0.2, -0.15) is 0 Å². The molecule has 2 aromatic carbocycles. The van der Waals surface area contributed by atoms with Gasteiger partial charge in [0.05, 0.1) is 0 Å². The molecule has 25 heavy (non-hydrogen) atoms. The Balaban J connectivity index is 2.24. The molecule has 0 aliphatic rings. The van der Waals surface area contributed by atoms with Crippen LogP contribution in [0, 0.1) is 0 Å². The Morgan fingerprint density at radius 1 is 1.00 bits per heavy atom. The summed E-state index contributed by atoms with van der Waals surface area (Å²) in [5.74, 6) is -2.57. The molecule has 0 saturated carbocycles. The molecule has 1 atom stereocenters. The summed E-state index contributed by atoms with van der Waals surface area (Å²) in [5.41, 5.74) is 3.50. The number of benzene rings is 2. The average Bonchev–Trinajstić information content (AvgIpc) is 2.67. The summed E-state index contributed by atoms with van der Waals surface area (Å²) in [7, 11) is 1.25. The van der Waals surface area contributed by atoms with Gasteiger partial charge in [0, 0.05) is 12.6 Å². The van der Waals surface area contributed by atoms with Crippen LogP contribution < -0.4 is 5.48 Å². The maximum Gasteiger partial charge on any atom is 0.273 e. The zero-order valence-corrected chi connectivity index (χ0v) is 13.5. The zero-order chi connectivity index (χ0) is 18.4. The number of aliphatic hydroxyl groups is 1. The summed E-state index contributed by atoms with van der Waals surface area (Å²) in [6.45, 7) is -0.928. The van der Waals surface area contributed by atoms with Crippen LogP contribution in [0.1, 0.15) is 10.4 Å². The number of carbonyl (C=O) groups excluding carboxylic acids is 3.